The van der Waals surface area contributed by atoms with Crippen LogP contribution >= 0.6 is 0 Å². The molecule has 1 aromatic rings. The largest absolute Gasteiger partial charge is 0.484 e. The fourth-order valence-corrected chi connectivity index (χ4v) is 1.19. The second-order valence-electron chi connectivity index (χ2n) is 3.20. The van der Waals surface area contributed by atoms with Gasteiger partial charge < -0.3 is 4.74 Å². The third-order valence-corrected chi connectivity index (χ3v) is 2.12. The molecule has 1 amide bonds. The van der Waals surface area contributed by atoms with Gasteiger partial charge in [-0.3, -0.25) is 9.80 Å². The maximum Gasteiger partial charge on any atom is 0.274 e. The highest BCUT2D eigenvalue weighted by Crippen LogP contribution is 2.11. The normalized spacial score (nSPS) is 13.2. The minimum Gasteiger partial charge on any atom is -0.484 e. The molecule has 1 heterocycles. The van der Waals surface area contributed by atoms with Crippen LogP contribution in [0.25, 0.3) is 0 Å². The van der Waals surface area contributed by atoms with E-state index in [0.717, 1.165) is 6.54 Å². The van der Waals surface area contributed by atoms with E-state index in [0.29, 0.717) is 12.3 Å². The Morgan fingerprint density at radius 1 is 1.41 bits per heavy atom. The van der Waals surface area contributed by atoms with E-state index in [9.17, 15) is 9.18 Å². The van der Waals surface area contributed by atoms with Gasteiger partial charge in [0, 0.05) is 6.54 Å². The van der Waals surface area contributed by atoms with Gasteiger partial charge in [0.1, 0.15) is 11.6 Å². The lowest BCUT2D eigenvalue weighted by molar-refractivity contribution is -0.141. The molecule has 0 aromatic heterocycles. The van der Waals surface area contributed by atoms with Crippen molar-refractivity contribution in [2.24, 2.45) is 0 Å². The number of amides is 1. The molecule has 1 aromatic carbocycles. The average molecular weight is 240 g/mol. The molecule has 1 aliphatic rings. The summed E-state index contributed by atoms with van der Waals surface area (Å²) in [6, 6.07) is 5.57. The van der Waals surface area contributed by atoms with Crippen molar-refractivity contribution in [1.82, 2.24) is 10.4 Å². The summed E-state index contributed by atoms with van der Waals surface area (Å²) in [5.74, 6) is 0.0499. The Labute approximate surface area is 100 Å². The Hall–Kier alpha value is -1.62. The molecule has 0 atom stereocenters. The highest BCUT2D eigenvalue weighted by atomic mass is 19.1. The lowest BCUT2D eigenvalue weighted by atomic mass is 10.3. The van der Waals surface area contributed by atoms with E-state index in [1.807, 2.05) is 13.8 Å². The van der Waals surface area contributed by atoms with E-state index in [2.05, 4.69) is 5.43 Å². The molecule has 0 bridgehead atoms. The van der Waals surface area contributed by atoms with Crippen molar-refractivity contribution in [3.8, 4) is 5.75 Å². The molecule has 1 fully saturated rings. The summed E-state index contributed by atoms with van der Waals surface area (Å²) in [7, 11) is 0. The second-order valence-corrected chi connectivity index (χ2v) is 3.20. The van der Waals surface area contributed by atoms with Gasteiger partial charge in [0.15, 0.2) is 6.61 Å². The van der Waals surface area contributed by atoms with Gasteiger partial charge in [-0.25, -0.2) is 9.82 Å². The molecular weight excluding hydrogens is 223 g/mol. The van der Waals surface area contributed by atoms with Crippen LogP contribution in [0.3, 0.4) is 0 Å². The van der Waals surface area contributed by atoms with Crippen LogP contribution < -0.4 is 10.2 Å². The first kappa shape index (κ1) is 13.4. The average Bonchev–Trinajstić information content (AvgIpc) is 2.29. The fraction of sp³-hybridized carbons (Fsp3) is 0.417. The van der Waals surface area contributed by atoms with Crippen molar-refractivity contribution in [3.63, 3.8) is 0 Å². The van der Waals surface area contributed by atoms with Gasteiger partial charge in [0.2, 0.25) is 0 Å². The summed E-state index contributed by atoms with van der Waals surface area (Å²) in [5, 5.41) is 1.49. The summed E-state index contributed by atoms with van der Waals surface area (Å²) >= 11 is 0. The Kier molecular flexibility index (Phi) is 5.42. The Morgan fingerprint density at radius 3 is 2.47 bits per heavy atom. The van der Waals surface area contributed by atoms with Crippen LogP contribution in [0.15, 0.2) is 24.3 Å². The molecule has 17 heavy (non-hydrogen) atoms. The second kappa shape index (κ2) is 6.85. The molecule has 2 rings (SSSR count). The molecule has 5 heteroatoms. The molecule has 0 radical (unpaired) electrons. The van der Waals surface area contributed by atoms with Gasteiger partial charge in [-0.1, -0.05) is 13.8 Å². The first-order valence-corrected chi connectivity index (χ1v) is 5.68. The van der Waals surface area contributed by atoms with Crippen LogP contribution in [-0.2, 0) is 4.79 Å². The number of nitrogens with zero attached hydrogens (tertiary/aromatic N) is 1. The summed E-state index contributed by atoms with van der Waals surface area (Å²) in [6.45, 7) is 5.51. The van der Waals surface area contributed by atoms with Crippen molar-refractivity contribution < 1.29 is 13.9 Å². The molecule has 1 N–H and O–H groups in total. The predicted octanol–water partition coefficient (Wildman–Crippen LogP) is 1.58. The number of carbonyl (C=O) groups is 1. The summed E-state index contributed by atoms with van der Waals surface area (Å²) < 4.78 is 17.7. The minimum atomic E-state index is -0.321. The smallest absolute Gasteiger partial charge is 0.274 e. The minimum absolute atomic E-state index is 0.0291. The molecular formula is C12H17FN2O2. The number of hydrogen-bond acceptors (Lipinski definition) is 3. The molecule has 0 saturated carbocycles. The van der Waals surface area contributed by atoms with E-state index in [4.69, 9.17) is 4.74 Å². The molecule has 4 nitrogen and oxygen atoms in total. The molecule has 1 saturated heterocycles. The highest BCUT2D eigenvalue weighted by molar-refractivity contribution is 5.77. The zero-order chi connectivity index (χ0) is 12.7. The zero-order valence-corrected chi connectivity index (χ0v) is 10.1. The van der Waals surface area contributed by atoms with Crippen molar-refractivity contribution in [3.05, 3.63) is 30.1 Å². The predicted molar refractivity (Wildman–Crippen MR) is 63.0 cm³/mol. The lowest BCUT2D eigenvalue weighted by Crippen LogP contribution is -2.57. The monoisotopic (exact) mass is 240 g/mol. The Morgan fingerprint density at radius 2 is 2.00 bits per heavy atom. The van der Waals surface area contributed by atoms with Crippen LogP contribution in [0.1, 0.15) is 13.8 Å². The van der Waals surface area contributed by atoms with E-state index in [-0.39, 0.29) is 18.3 Å². The third-order valence-electron chi connectivity index (χ3n) is 2.12. The standard InChI is InChI=1S/C10H11FN2O2.C2H6/c11-8-1-3-9(4-2-8)15-7-10(14)13-6-5-12-13;1-2/h1-4,12H,5-7H2;1-2H3. The number of halogens is 1. The third kappa shape index (κ3) is 4.03. The van der Waals surface area contributed by atoms with Crippen LogP contribution in [0.5, 0.6) is 5.75 Å². The molecule has 0 spiro atoms. The van der Waals surface area contributed by atoms with Gasteiger partial charge in [-0.05, 0) is 24.3 Å². The van der Waals surface area contributed by atoms with E-state index in [1.165, 1.54) is 29.3 Å². The van der Waals surface area contributed by atoms with Crippen LogP contribution in [0.2, 0.25) is 0 Å². The van der Waals surface area contributed by atoms with E-state index < -0.39 is 0 Å². The van der Waals surface area contributed by atoms with Gasteiger partial charge in [-0.2, -0.15) is 0 Å². The SMILES string of the molecule is CC.O=C(COc1ccc(F)cc1)N1CCN1. The number of rotatable bonds is 3. The van der Waals surface area contributed by atoms with Gasteiger partial charge in [0.25, 0.3) is 5.91 Å². The van der Waals surface area contributed by atoms with Gasteiger partial charge >= 0.3 is 0 Å². The summed E-state index contributed by atoms with van der Waals surface area (Å²) in [4.78, 5) is 11.3. The number of hydrogen-bond donors (Lipinski definition) is 1. The van der Waals surface area contributed by atoms with E-state index in [1.54, 1.807) is 0 Å². The van der Waals surface area contributed by atoms with Crippen molar-refractivity contribution in [2.45, 2.75) is 13.8 Å². The highest BCUT2D eigenvalue weighted by Gasteiger charge is 2.19. The topological polar surface area (TPSA) is 41.6 Å². The van der Waals surface area contributed by atoms with Crippen molar-refractivity contribution >= 4 is 5.91 Å². The Balaban J connectivity index is 0.000000686. The first-order valence-electron chi connectivity index (χ1n) is 5.68. The maximum absolute atomic E-state index is 12.5. The molecule has 94 valence electrons. The number of carbonyl (C=O) groups excluding carboxylic acids is 1. The summed E-state index contributed by atoms with van der Waals surface area (Å²) in [6.07, 6.45) is 0. The number of benzene rings is 1. The zero-order valence-electron chi connectivity index (χ0n) is 10.1. The molecule has 0 unspecified atom stereocenters. The number of nitrogens with one attached hydrogen (secondary N) is 1. The quantitative estimate of drug-likeness (QED) is 0.872. The van der Waals surface area contributed by atoms with Crippen LogP contribution in [0, 0.1) is 5.82 Å². The number of hydrazine groups is 1. The van der Waals surface area contributed by atoms with Crippen molar-refractivity contribution in [2.75, 3.05) is 19.7 Å². The molecule has 0 aliphatic carbocycles. The summed E-state index contributed by atoms with van der Waals surface area (Å²) in [5.41, 5.74) is 2.83. The van der Waals surface area contributed by atoms with Crippen LogP contribution in [-0.4, -0.2) is 30.6 Å². The van der Waals surface area contributed by atoms with Gasteiger partial charge in [0.05, 0.1) is 6.54 Å². The first-order chi connectivity index (χ1) is 8.25. The molecule has 1 aliphatic heterocycles. The number of ether oxygens (including phenoxy) is 1. The Bertz CT molecular complexity index is 350. The lowest BCUT2D eigenvalue weighted by Gasteiger charge is -2.31. The maximum atomic E-state index is 12.5. The van der Waals surface area contributed by atoms with Crippen molar-refractivity contribution in [1.29, 1.82) is 0 Å². The van der Waals surface area contributed by atoms with Gasteiger partial charge in [-0.15, -0.1) is 0 Å². The fourth-order valence-electron chi connectivity index (χ4n) is 1.19. The van der Waals surface area contributed by atoms with Crippen LogP contribution in [0.4, 0.5) is 4.39 Å². The van der Waals surface area contributed by atoms with E-state index >= 15 is 0 Å².